The molecule has 0 radical (unpaired) electrons. The summed E-state index contributed by atoms with van der Waals surface area (Å²) >= 11 is 6.35. The number of amides is 1. The Kier molecular flexibility index (Phi) is 6.62. The van der Waals surface area contributed by atoms with Gasteiger partial charge in [0.1, 0.15) is 16.6 Å². The van der Waals surface area contributed by atoms with Gasteiger partial charge in [0.25, 0.3) is 5.91 Å². The number of methoxy groups -OCH3 is 1. The molecule has 2 aliphatic rings. The average molecular weight is 510 g/mol. The van der Waals surface area contributed by atoms with Crippen LogP contribution in [-0.4, -0.2) is 39.9 Å². The summed E-state index contributed by atoms with van der Waals surface area (Å²) in [7, 11) is 1.66. The molecule has 1 N–H and O–H groups in total. The van der Waals surface area contributed by atoms with E-state index >= 15 is 0 Å². The highest BCUT2D eigenvalue weighted by atomic mass is 32.2. The highest BCUT2D eigenvalue weighted by Gasteiger charge is 2.38. The van der Waals surface area contributed by atoms with E-state index in [-0.39, 0.29) is 21.1 Å². The maximum atomic E-state index is 12.7. The van der Waals surface area contributed by atoms with Crippen molar-refractivity contribution in [1.29, 1.82) is 0 Å². The molecule has 7 heteroatoms. The molecule has 5 nitrogen and oxygen atoms in total. The fourth-order valence-corrected chi connectivity index (χ4v) is 6.22. The van der Waals surface area contributed by atoms with Crippen molar-refractivity contribution in [2.45, 2.75) is 58.3 Å². The second kappa shape index (κ2) is 9.10. The minimum atomic E-state index is -1.09. The molecule has 35 heavy (non-hydrogen) atoms. The van der Waals surface area contributed by atoms with Crippen LogP contribution in [0.4, 0.5) is 0 Å². The van der Waals surface area contributed by atoms with Crippen molar-refractivity contribution in [1.82, 2.24) is 4.90 Å². The van der Waals surface area contributed by atoms with E-state index < -0.39 is 12.5 Å². The van der Waals surface area contributed by atoms with Crippen LogP contribution in [0.2, 0.25) is 0 Å². The molecule has 4 rings (SSSR count). The molecule has 0 bridgehead atoms. The number of aliphatic carboxylic acids is 1. The lowest BCUT2D eigenvalue weighted by Crippen LogP contribution is -2.34. The first kappa shape index (κ1) is 25.5. The summed E-state index contributed by atoms with van der Waals surface area (Å²) in [6.45, 7) is 11.0. The molecule has 2 aromatic carbocycles. The van der Waals surface area contributed by atoms with Gasteiger partial charge in [0.2, 0.25) is 0 Å². The number of nitrogens with zero attached hydrogens (tertiary/aromatic N) is 1. The SMILES string of the molecule is COc1ccc(/C=C2/SC(=S)N(CC(=O)O)C2=O)cc1-c1cc2c(cc1C)C(C)(C)CCC2(C)C. The summed E-state index contributed by atoms with van der Waals surface area (Å²) in [6.07, 6.45) is 4.06. The van der Waals surface area contributed by atoms with Crippen LogP contribution in [0.25, 0.3) is 17.2 Å². The van der Waals surface area contributed by atoms with Gasteiger partial charge in [0.15, 0.2) is 0 Å². The fourth-order valence-electron chi connectivity index (χ4n) is 4.96. The quantitative estimate of drug-likeness (QED) is 0.377. The lowest BCUT2D eigenvalue weighted by molar-refractivity contribution is -0.140. The largest absolute Gasteiger partial charge is 0.496 e. The van der Waals surface area contributed by atoms with E-state index in [0.29, 0.717) is 4.91 Å². The molecule has 1 saturated heterocycles. The van der Waals surface area contributed by atoms with E-state index in [1.807, 2.05) is 18.2 Å². The summed E-state index contributed by atoms with van der Waals surface area (Å²) in [5.41, 5.74) is 7.07. The third kappa shape index (κ3) is 4.76. The van der Waals surface area contributed by atoms with Crippen LogP contribution in [0.15, 0.2) is 35.2 Å². The molecule has 0 saturated carbocycles. The van der Waals surface area contributed by atoms with Crippen LogP contribution in [0.3, 0.4) is 0 Å². The Morgan fingerprint density at radius 3 is 2.34 bits per heavy atom. The Bertz CT molecular complexity index is 1280. The minimum Gasteiger partial charge on any atom is -0.496 e. The lowest BCUT2D eigenvalue weighted by Gasteiger charge is -2.42. The molecule has 1 aliphatic carbocycles. The van der Waals surface area contributed by atoms with Gasteiger partial charge in [-0.2, -0.15) is 0 Å². The average Bonchev–Trinajstić information content (AvgIpc) is 3.03. The number of hydrogen-bond donors (Lipinski definition) is 1. The number of carbonyl (C=O) groups is 2. The van der Waals surface area contributed by atoms with Crippen LogP contribution in [0.5, 0.6) is 5.75 Å². The number of benzene rings is 2. The maximum absolute atomic E-state index is 12.7. The van der Waals surface area contributed by atoms with Crippen LogP contribution >= 0.6 is 24.0 Å². The minimum absolute atomic E-state index is 0.0797. The van der Waals surface area contributed by atoms with Gasteiger partial charge in [0, 0.05) is 5.56 Å². The van der Waals surface area contributed by atoms with Crippen LogP contribution < -0.4 is 4.74 Å². The molecule has 184 valence electrons. The Labute approximate surface area is 216 Å². The van der Waals surface area contributed by atoms with Gasteiger partial charge in [-0.15, -0.1) is 0 Å². The number of carboxylic acids is 1. The van der Waals surface area contributed by atoms with Crippen LogP contribution in [0, 0.1) is 6.92 Å². The Hall–Kier alpha value is -2.64. The van der Waals surface area contributed by atoms with E-state index in [0.717, 1.165) is 51.9 Å². The highest BCUT2D eigenvalue weighted by Crippen LogP contribution is 2.48. The zero-order valence-electron chi connectivity index (χ0n) is 21.0. The number of fused-ring (bicyclic) bond motifs is 1. The zero-order valence-corrected chi connectivity index (χ0v) is 22.7. The monoisotopic (exact) mass is 509 g/mol. The number of carbonyl (C=O) groups excluding carboxylic acids is 1. The third-order valence-corrected chi connectivity index (χ3v) is 8.55. The number of rotatable bonds is 5. The number of thioether (sulfide) groups is 1. The van der Waals surface area contributed by atoms with Gasteiger partial charge in [-0.25, -0.2) is 0 Å². The normalized spacial score (nSPS) is 19.7. The number of aryl methyl sites for hydroxylation is 1. The Morgan fingerprint density at radius 2 is 1.74 bits per heavy atom. The van der Waals surface area contributed by atoms with Crippen LogP contribution in [0.1, 0.15) is 62.8 Å². The van der Waals surface area contributed by atoms with Gasteiger partial charge in [0.05, 0.1) is 12.0 Å². The van der Waals surface area contributed by atoms with E-state index in [1.165, 1.54) is 16.7 Å². The van der Waals surface area contributed by atoms with Crippen LogP contribution in [-0.2, 0) is 20.4 Å². The van der Waals surface area contributed by atoms with E-state index in [4.69, 9.17) is 22.1 Å². The van der Waals surface area contributed by atoms with Crippen molar-refractivity contribution in [3.63, 3.8) is 0 Å². The lowest BCUT2D eigenvalue weighted by atomic mass is 9.62. The summed E-state index contributed by atoms with van der Waals surface area (Å²) in [4.78, 5) is 25.4. The molecule has 0 unspecified atom stereocenters. The molecule has 1 amide bonds. The second-order valence-corrected chi connectivity index (χ2v) is 12.3. The van der Waals surface area contributed by atoms with E-state index in [1.54, 1.807) is 13.2 Å². The first-order valence-electron chi connectivity index (χ1n) is 11.7. The number of ether oxygens (including phenoxy) is 1. The molecule has 2 aromatic rings. The zero-order chi connectivity index (χ0) is 25.7. The molecule has 1 heterocycles. The molecule has 0 atom stereocenters. The van der Waals surface area contributed by atoms with Gasteiger partial charge >= 0.3 is 5.97 Å². The van der Waals surface area contributed by atoms with Crippen molar-refractivity contribution < 1.29 is 19.4 Å². The molecule has 1 aliphatic heterocycles. The maximum Gasteiger partial charge on any atom is 0.323 e. The smallest absolute Gasteiger partial charge is 0.323 e. The van der Waals surface area contributed by atoms with Crippen molar-refractivity contribution in [3.05, 3.63) is 57.5 Å². The highest BCUT2D eigenvalue weighted by molar-refractivity contribution is 8.26. The van der Waals surface area contributed by atoms with Gasteiger partial charge in [-0.1, -0.05) is 63.8 Å². The number of hydrogen-bond acceptors (Lipinski definition) is 5. The standard InChI is InChI=1S/C28H31NO4S2/c1-16-11-20-21(28(4,5)10-9-27(20,2)3)14-18(16)19-12-17(7-8-22(19)33-6)13-23-25(32)29(15-24(30)31)26(34)35-23/h7-8,11-14H,9-10,15H2,1-6H3,(H,30,31)/b23-13+. The van der Waals surface area contributed by atoms with Crippen molar-refractivity contribution in [2.24, 2.45) is 0 Å². The second-order valence-electron chi connectivity index (χ2n) is 10.6. The first-order valence-corrected chi connectivity index (χ1v) is 12.9. The topological polar surface area (TPSA) is 66.8 Å². The fraction of sp³-hybridized carbons (Fsp3) is 0.393. The summed E-state index contributed by atoms with van der Waals surface area (Å²) in [5, 5.41) is 9.09. The summed E-state index contributed by atoms with van der Waals surface area (Å²) in [6, 6.07) is 10.5. The molecular weight excluding hydrogens is 478 g/mol. The van der Waals surface area contributed by atoms with E-state index in [9.17, 15) is 9.59 Å². The predicted octanol–water partition coefficient (Wildman–Crippen LogP) is 6.31. The number of carboxylic acid groups (broad SMARTS) is 1. The van der Waals surface area contributed by atoms with Gasteiger partial charge in [-0.05, 0) is 82.7 Å². The van der Waals surface area contributed by atoms with Crippen molar-refractivity contribution in [2.75, 3.05) is 13.7 Å². The van der Waals surface area contributed by atoms with Gasteiger partial charge < -0.3 is 9.84 Å². The molecular formula is C28H31NO4S2. The molecule has 0 spiro atoms. The predicted molar refractivity (Wildman–Crippen MR) is 146 cm³/mol. The summed E-state index contributed by atoms with van der Waals surface area (Å²) < 4.78 is 5.99. The third-order valence-electron chi connectivity index (χ3n) is 7.18. The first-order chi connectivity index (χ1) is 16.3. The Balaban J connectivity index is 1.80. The van der Waals surface area contributed by atoms with Crippen molar-refractivity contribution >= 4 is 46.3 Å². The van der Waals surface area contributed by atoms with E-state index in [2.05, 4.69) is 46.8 Å². The summed E-state index contributed by atoms with van der Waals surface area (Å²) in [5.74, 6) is -0.714. The molecule has 0 aromatic heterocycles. The Morgan fingerprint density at radius 1 is 1.11 bits per heavy atom. The number of thiocarbonyl (C=S) groups is 1. The van der Waals surface area contributed by atoms with Gasteiger partial charge in [-0.3, -0.25) is 14.5 Å². The molecule has 1 fully saturated rings. The van der Waals surface area contributed by atoms with Crippen molar-refractivity contribution in [3.8, 4) is 16.9 Å².